The van der Waals surface area contributed by atoms with E-state index in [4.69, 9.17) is 31.9 Å². The van der Waals surface area contributed by atoms with Gasteiger partial charge in [0.2, 0.25) is 0 Å². The fourth-order valence-corrected chi connectivity index (χ4v) is 2.21. The average Bonchev–Trinajstić information content (AvgIpc) is 2.52. The zero-order chi connectivity index (χ0) is 20.3. The summed E-state index contributed by atoms with van der Waals surface area (Å²) in [5.74, 6) is -5.22. The number of aliphatic carboxylic acids is 3. The lowest BCUT2D eigenvalue weighted by Crippen LogP contribution is -2.30. The maximum absolute atomic E-state index is 10.7. The van der Waals surface area contributed by atoms with E-state index in [0.29, 0.717) is 4.90 Å². The molecule has 0 saturated heterocycles. The minimum absolute atomic E-state index is 0.135. The third-order valence-corrected chi connectivity index (χ3v) is 3.48. The molecule has 142 valence electrons. The van der Waals surface area contributed by atoms with Gasteiger partial charge in [-0.15, -0.1) is 11.8 Å². The smallest absolute Gasteiger partial charge is 0.336 e. The van der Waals surface area contributed by atoms with Gasteiger partial charge in [0.25, 0.3) is 0 Å². The Morgan fingerprint density at radius 3 is 2.00 bits per heavy atom. The van der Waals surface area contributed by atoms with Crippen molar-refractivity contribution >= 4 is 41.6 Å². The largest absolute Gasteiger partial charge is 0.481 e. The fourth-order valence-electron chi connectivity index (χ4n) is 1.44. The fraction of sp³-hybridized carbons (Fsp3) is 0.214. The standard InChI is InChI=1S/C9H8O4S.C5H9N3O4/c10-8(11)5-14-7-4-2-1-3-6(7)9(12)13;6-5(7)8-2(4(11)12)1-3(9)10/h1-4H,5H2,(H,10,11)(H,12,13);2H,1H2,(H,9,10)(H,11,12)(H4,6,7,8). The van der Waals surface area contributed by atoms with Crippen LogP contribution < -0.4 is 11.5 Å². The zero-order valence-corrected chi connectivity index (χ0v) is 14.0. The number of hydrogen-bond acceptors (Lipinski definition) is 6. The van der Waals surface area contributed by atoms with E-state index in [0.717, 1.165) is 11.8 Å². The van der Waals surface area contributed by atoms with Gasteiger partial charge >= 0.3 is 23.9 Å². The molecule has 1 aromatic rings. The molecule has 11 nitrogen and oxygen atoms in total. The Hall–Kier alpha value is -3.28. The van der Waals surface area contributed by atoms with Crippen molar-refractivity contribution in [2.24, 2.45) is 16.5 Å². The number of nitrogens with two attached hydrogens (primary N) is 2. The van der Waals surface area contributed by atoms with Crippen LogP contribution >= 0.6 is 11.8 Å². The second-order valence-corrected chi connectivity index (χ2v) is 5.51. The summed E-state index contributed by atoms with van der Waals surface area (Å²) >= 11 is 1.00. The molecule has 1 unspecified atom stereocenters. The number of carbonyl (C=O) groups is 4. The molecule has 0 fully saturated rings. The van der Waals surface area contributed by atoms with Gasteiger partial charge in [0.1, 0.15) is 0 Å². The number of thioether (sulfide) groups is 1. The maximum atomic E-state index is 10.7. The van der Waals surface area contributed by atoms with Crippen LogP contribution in [0, 0.1) is 0 Å². The Labute approximate surface area is 151 Å². The van der Waals surface area contributed by atoms with Crippen molar-refractivity contribution in [3.05, 3.63) is 29.8 Å². The topological polar surface area (TPSA) is 214 Å². The number of hydrogen-bond donors (Lipinski definition) is 6. The molecule has 0 aliphatic carbocycles. The number of aliphatic imine (C=N–C) groups is 1. The van der Waals surface area contributed by atoms with Crippen molar-refractivity contribution < 1.29 is 39.6 Å². The van der Waals surface area contributed by atoms with E-state index >= 15 is 0 Å². The molecule has 1 atom stereocenters. The summed E-state index contributed by atoms with van der Waals surface area (Å²) in [6, 6.07) is 4.92. The number of guanidine groups is 1. The second kappa shape index (κ2) is 11.3. The molecule has 26 heavy (non-hydrogen) atoms. The lowest BCUT2D eigenvalue weighted by Gasteiger charge is -2.03. The van der Waals surface area contributed by atoms with Crippen molar-refractivity contribution in [2.45, 2.75) is 17.4 Å². The molecule has 0 aliphatic rings. The normalized spacial score (nSPS) is 10.6. The summed E-state index contributed by atoms with van der Waals surface area (Å²) in [5.41, 5.74) is 9.89. The summed E-state index contributed by atoms with van der Waals surface area (Å²) in [7, 11) is 0. The van der Waals surface area contributed by atoms with Crippen molar-refractivity contribution in [2.75, 3.05) is 5.75 Å². The maximum Gasteiger partial charge on any atom is 0.336 e. The SMILES string of the molecule is NC(N)=NC(CC(=O)O)C(=O)O.O=C(O)CSc1ccccc1C(=O)O. The van der Waals surface area contributed by atoms with Gasteiger partial charge in [-0.25, -0.2) is 14.6 Å². The van der Waals surface area contributed by atoms with Crippen LogP contribution in [-0.2, 0) is 14.4 Å². The lowest BCUT2D eigenvalue weighted by atomic mass is 10.2. The van der Waals surface area contributed by atoms with Gasteiger partial charge in [-0.2, -0.15) is 0 Å². The Morgan fingerprint density at radius 2 is 1.58 bits per heavy atom. The van der Waals surface area contributed by atoms with Crippen LogP contribution in [0.15, 0.2) is 34.2 Å². The molecule has 0 radical (unpaired) electrons. The number of aromatic carboxylic acids is 1. The van der Waals surface area contributed by atoms with Crippen molar-refractivity contribution in [3.8, 4) is 0 Å². The molecular formula is C14H17N3O8S. The van der Waals surface area contributed by atoms with Crippen LogP contribution in [-0.4, -0.2) is 62.1 Å². The van der Waals surface area contributed by atoms with Crippen molar-refractivity contribution in [1.82, 2.24) is 0 Å². The van der Waals surface area contributed by atoms with Gasteiger partial charge in [0.15, 0.2) is 12.0 Å². The highest BCUT2D eigenvalue weighted by Gasteiger charge is 2.19. The van der Waals surface area contributed by atoms with E-state index < -0.39 is 42.3 Å². The Kier molecular flexibility index (Phi) is 9.88. The molecule has 0 saturated carbocycles. The predicted molar refractivity (Wildman–Crippen MR) is 91.2 cm³/mol. The number of carboxylic acids is 4. The quantitative estimate of drug-likeness (QED) is 0.194. The van der Waals surface area contributed by atoms with Crippen LogP contribution in [0.4, 0.5) is 0 Å². The summed E-state index contributed by atoms with van der Waals surface area (Å²) in [5, 5.41) is 33.8. The van der Waals surface area contributed by atoms with Gasteiger partial charge in [0.05, 0.1) is 17.7 Å². The van der Waals surface area contributed by atoms with E-state index in [1.807, 2.05) is 0 Å². The summed E-state index contributed by atoms with van der Waals surface area (Å²) < 4.78 is 0. The van der Waals surface area contributed by atoms with Gasteiger partial charge in [0, 0.05) is 4.90 Å². The highest BCUT2D eigenvalue weighted by atomic mass is 32.2. The van der Waals surface area contributed by atoms with E-state index in [1.165, 1.54) is 6.07 Å². The third-order valence-electron chi connectivity index (χ3n) is 2.43. The van der Waals surface area contributed by atoms with E-state index in [2.05, 4.69) is 4.99 Å². The molecule has 8 N–H and O–H groups in total. The van der Waals surface area contributed by atoms with E-state index in [-0.39, 0.29) is 11.3 Å². The summed E-state index contributed by atoms with van der Waals surface area (Å²) in [4.78, 5) is 45.0. The highest BCUT2D eigenvalue weighted by Crippen LogP contribution is 2.22. The molecule has 0 heterocycles. The Morgan fingerprint density at radius 1 is 1.00 bits per heavy atom. The van der Waals surface area contributed by atoms with Gasteiger partial charge < -0.3 is 31.9 Å². The molecule has 12 heteroatoms. The number of benzene rings is 1. The molecule has 1 rings (SSSR count). The molecule has 0 spiro atoms. The Bertz CT molecular complexity index is 703. The summed E-state index contributed by atoms with van der Waals surface area (Å²) in [6.45, 7) is 0. The highest BCUT2D eigenvalue weighted by molar-refractivity contribution is 8.00. The number of carboxylic acid groups (broad SMARTS) is 4. The summed E-state index contributed by atoms with van der Waals surface area (Å²) in [6.07, 6.45) is -0.632. The molecule has 0 aliphatic heterocycles. The molecule has 1 aromatic carbocycles. The van der Waals surface area contributed by atoms with Crippen LogP contribution in [0.5, 0.6) is 0 Å². The third kappa shape index (κ3) is 9.77. The van der Waals surface area contributed by atoms with Crippen molar-refractivity contribution in [1.29, 1.82) is 0 Å². The minimum atomic E-state index is -1.41. The first-order chi connectivity index (χ1) is 12.0. The van der Waals surface area contributed by atoms with Crippen LogP contribution in [0.1, 0.15) is 16.8 Å². The molecule has 0 amide bonds. The van der Waals surface area contributed by atoms with Gasteiger partial charge in [-0.05, 0) is 12.1 Å². The first kappa shape index (κ1) is 22.7. The molecule has 0 aromatic heterocycles. The second-order valence-electron chi connectivity index (χ2n) is 4.49. The zero-order valence-electron chi connectivity index (χ0n) is 13.2. The first-order valence-corrected chi connectivity index (χ1v) is 7.73. The monoisotopic (exact) mass is 387 g/mol. The number of nitrogens with zero attached hydrogens (tertiary/aromatic N) is 1. The minimum Gasteiger partial charge on any atom is -0.481 e. The predicted octanol–water partition coefficient (Wildman–Crippen LogP) is -0.251. The van der Waals surface area contributed by atoms with Crippen molar-refractivity contribution in [3.63, 3.8) is 0 Å². The van der Waals surface area contributed by atoms with Crippen LogP contribution in [0.3, 0.4) is 0 Å². The first-order valence-electron chi connectivity index (χ1n) is 6.74. The van der Waals surface area contributed by atoms with E-state index in [9.17, 15) is 19.2 Å². The molecule has 0 bridgehead atoms. The van der Waals surface area contributed by atoms with Crippen LogP contribution in [0.25, 0.3) is 0 Å². The van der Waals surface area contributed by atoms with Crippen LogP contribution in [0.2, 0.25) is 0 Å². The van der Waals surface area contributed by atoms with E-state index in [1.54, 1.807) is 18.2 Å². The lowest BCUT2D eigenvalue weighted by molar-refractivity contribution is -0.144. The van der Waals surface area contributed by atoms with Gasteiger partial charge in [-0.3, -0.25) is 9.59 Å². The Balaban J connectivity index is 0.000000488. The van der Waals surface area contributed by atoms with Gasteiger partial charge in [-0.1, -0.05) is 12.1 Å². The number of rotatable bonds is 8. The molecular weight excluding hydrogens is 370 g/mol. The average molecular weight is 387 g/mol.